The molecule has 4 nitrogen and oxygen atoms in total. The van der Waals surface area contributed by atoms with Crippen LogP contribution in [0.1, 0.15) is 22.2 Å². The summed E-state index contributed by atoms with van der Waals surface area (Å²) in [4.78, 5) is 5.43. The molecule has 0 aliphatic heterocycles. The van der Waals surface area contributed by atoms with Gasteiger partial charge in [0.1, 0.15) is 0 Å². The second-order valence-electron chi connectivity index (χ2n) is 5.74. The Balaban J connectivity index is 1.79. The van der Waals surface area contributed by atoms with Crippen LogP contribution in [-0.2, 0) is 6.42 Å². The smallest absolute Gasteiger partial charge is 0.240 e. The zero-order valence-electron chi connectivity index (χ0n) is 14.3. The third kappa shape index (κ3) is 5.07. The molecule has 0 bridgehead atoms. The minimum Gasteiger partial charge on any atom is -0.366 e. The third-order valence-corrected chi connectivity index (χ3v) is 5.28. The van der Waals surface area contributed by atoms with E-state index in [0.717, 1.165) is 21.3 Å². The van der Waals surface area contributed by atoms with Crippen molar-refractivity contribution in [3.63, 3.8) is 0 Å². The summed E-state index contributed by atoms with van der Waals surface area (Å²) < 4.78 is 0. The molecule has 26 heavy (non-hydrogen) atoms. The molecule has 1 heterocycles. The lowest BCUT2D eigenvalue weighted by atomic mass is 10.1. The molecule has 0 spiro atoms. The van der Waals surface area contributed by atoms with Crippen LogP contribution >= 0.6 is 23.4 Å². The SMILES string of the molecule is Cc1nnc(N)nc1CC=CC(Sc1ccc(Cl)cc1)c1ccccc1. The maximum Gasteiger partial charge on any atom is 0.240 e. The first-order chi connectivity index (χ1) is 12.6. The Kier molecular flexibility index (Phi) is 6.26. The molecule has 2 aromatic carbocycles. The fourth-order valence-electron chi connectivity index (χ4n) is 2.44. The van der Waals surface area contributed by atoms with Crippen molar-refractivity contribution in [3.05, 3.63) is 88.7 Å². The number of aromatic nitrogens is 3. The second-order valence-corrected chi connectivity index (χ2v) is 7.39. The van der Waals surface area contributed by atoms with Crippen molar-refractivity contribution in [3.8, 4) is 0 Å². The van der Waals surface area contributed by atoms with Crippen molar-refractivity contribution in [1.29, 1.82) is 0 Å². The molecule has 1 unspecified atom stereocenters. The molecule has 0 saturated carbocycles. The van der Waals surface area contributed by atoms with Gasteiger partial charge in [-0.1, -0.05) is 54.1 Å². The number of benzene rings is 2. The summed E-state index contributed by atoms with van der Waals surface area (Å²) in [6.07, 6.45) is 4.96. The van der Waals surface area contributed by atoms with E-state index in [1.54, 1.807) is 11.8 Å². The van der Waals surface area contributed by atoms with Crippen molar-refractivity contribution in [1.82, 2.24) is 15.2 Å². The predicted molar refractivity (Wildman–Crippen MR) is 108 cm³/mol. The molecule has 1 atom stereocenters. The van der Waals surface area contributed by atoms with Crippen molar-refractivity contribution in [2.45, 2.75) is 23.5 Å². The molecule has 1 aromatic heterocycles. The topological polar surface area (TPSA) is 64.7 Å². The Bertz CT molecular complexity index is 882. The number of allylic oxidation sites excluding steroid dienone is 1. The molecule has 0 fully saturated rings. The minimum absolute atomic E-state index is 0.185. The Morgan fingerprint density at radius 1 is 1.08 bits per heavy atom. The molecule has 0 radical (unpaired) electrons. The highest BCUT2D eigenvalue weighted by Crippen LogP contribution is 2.36. The monoisotopic (exact) mass is 382 g/mol. The fourth-order valence-corrected chi connectivity index (χ4v) is 3.64. The van der Waals surface area contributed by atoms with Crippen molar-refractivity contribution < 1.29 is 0 Å². The number of hydrogen-bond acceptors (Lipinski definition) is 5. The van der Waals surface area contributed by atoms with E-state index in [0.29, 0.717) is 6.42 Å². The summed E-state index contributed by atoms with van der Waals surface area (Å²) in [7, 11) is 0. The first-order valence-electron chi connectivity index (χ1n) is 8.21. The maximum absolute atomic E-state index is 5.99. The molecule has 0 aliphatic carbocycles. The first kappa shape index (κ1) is 18.4. The van der Waals surface area contributed by atoms with Crippen LogP contribution < -0.4 is 5.73 Å². The van der Waals surface area contributed by atoms with Gasteiger partial charge in [-0.15, -0.1) is 16.9 Å². The molecular weight excluding hydrogens is 364 g/mol. The van der Waals surface area contributed by atoms with Crippen molar-refractivity contribution in [2.75, 3.05) is 5.73 Å². The van der Waals surface area contributed by atoms with Crippen LogP contribution in [0.4, 0.5) is 5.95 Å². The van der Waals surface area contributed by atoms with E-state index in [1.165, 1.54) is 5.56 Å². The van der Waals surface area contributed by atoms with Gasteiger partial charge in [-0.25, -0.2) is 4.98 Å². The summed E-state index contributed by atoms with van der Waals surface area (Å²) in [5, 5.41) is 8.72. The summed E-state index contributed by atoms with van der Waals surface area (Å²) in [6, 6.07) is 18.3. The number of nitrogens with two attached hydrogens (primary N) is 1. The van der Waals surface area contributed by atoms with Crippen LogP contribution in [0.3, 0.4) is 0 Å². The second kappa shape index (κ2) is 8.83. The van der Waals surface area contributed by atoms with Crippen LogP contribution in [0, 0.1) is 6.92 Å². The van der Waals surface area contributed by atoms with Crippen molar-refractivity contribution >= 4 is 29.3 Å². The number of nitrogens with zero attached hydrogens (tertiary/aromatic N) is 3. The number of hydrogen-bond donors (Lipinski definition) is 1. The van der Waals surface area contributed by atoms with Gasteiger partial charge in [0.05, 0.1) is 16.6 Å². The quantitative estimate of drug-likeness (QED) is 0.477. The molecule has 132 valence electrons. The van der Waals surface area contributed by atoms with Gasteiger partial charge < -0.3 is 5.73 Å². The Hall–Kier alpha value is -2.37. The Morgan fingerprint density at radius 2 is 1.81 bits per heavy atom. The predicted octanol–water partition coefficient (Wildman–Crippen LogP) is 5.05. The van der Waals surface area contributed by atoms with Gasteiger partial charge in [-0.2, -0.15) is 5.10 Å². The number of nitrogen functional groups attached to an aromatic ring is 1. The van der Waals surface area contributed by atoms with E-state index in [-0.39, 0.29) is 11.2 Å². The van der Waals surface area contributed by atoms with Crippen LogP contribution in [0.2, 0.25) is 5.02 Å². The molecule has 3 rings (SSSR count). The normalized spacial score (nSPS) is 12.4. The van der Waals surface area contributed by atoms with E-state index in [4.69, 9.17) is 17.3 Å². The molecular formula is C20H19ClN4S. The highest BCUT2D eigenvalue weighted by molar-refractivity contribution is 7.99. The highest BCUT2D eigenvalue weighted by Gasteiger charge is 2.10. The first-order valence-corrected chi connectivity index (χ1v) is 9.47. The van der Waals surface area contributed by atoms with E-state index in [1.807, 2.05) is 37.3 Å². The average Bonchev–Trinajstić information content (AvgIpc) is 2.66. The lowest BCUT2D eigenvalue weighted by Crippen LogP contribution is -2.04. The van der Waals surface area contributed by atoms with Crippen LogP contribution in [-0.4, -0.2) is 15.2 Å². The van der Waals surface area contributed by atoms with E-state index in [2.05, 4.69) is 51.6 Å². The zero-order valence-corrected chi connectivity index (χ0v) is 15.9. The number of halogens is 1. The van der Waals surface area contributed by atoms with Gasteiger partial charge in [0.2, 0.25) is 5.95 Å². The standard InChI is InChI=1S/C20H19ClN4S/c1-14-18(23-20(22)25-24-14)8-5-9-19(15-6-3-2-4-7-15)26-17-12-10-16(21)11-13-17/h2-7,9-13,19H,8H2,1H3,(H2,22,23,25). The van der Waals surface area contributed by atoms with Gasteiger partial charge in [-0.05, 0) is 36.8 Å². The van der Waals surface area contributed by atoms with Crippen LogP contribution in [0.5, 0.6) is 0 Å². The summed E-state index contributed by atoms with van der Waals surface area (Å²) >= 11 is 7.77. The van der Waals surface area contributed by atoms with Crippen LogP contribution in [0.15, 0.2) is 71.6 Å². The molecule has 0 amide bonds. The molecule has 3 aromatic rings. The number of rotatable bonds is 6. The molecule has 0 saturated heterocycles. The Morgan fingerprint density at radius 3 is 2.54 bits per heavy atom. The van der Waals surface area contributed by atoms with Gasteiger partial charge in [0.25, 0.3) is 0 Å². The minimum atomic E-state index is 0.185. The molecule has 2 N–H and O–H groups in total. The van der Waals surface area contributed by atoms with E-state index < -0.39 is 0 Å². The summed E-state index contributed by atoms with van der Waals surface area (Å²) in [5.74, 6) is 0.203. The maximum atomic E-state index is 5.99. The van der Waals surface area contributed by atoms with Gasteiger partial charge in [0.15, 0.2) is 0 Å². The lowest BCUT2D eigenvalue weighted by molar-refractivity contribution is 0.889. The van der Waals surface area contributed by atoms with Gasteiger partial charge in [-0.3, -0.25) is 0 Å². The Labute approximate surface area is 162 Å². The fraction of sp³-hybridized carbons (Fsp3) is 0.150. The number of anilines is 1. The highest BCUT2D eigenvalue weighted by atomic mass is 35.5. The van der Waals surface area contributed by atoms with Crippen molar-refractivity contribution in [2.24, 2.45) is 0 Å². The third-order valence-electron chi connectivity index (χ3n) is 3.80. The van der Waals surface area contributed by atoms with Crippen LogP contribution in [0.25, 0.3) is 0 Å². The number of aryl methyl sites for hydroxylation is 1. The molecule has 0 aliphatic rings. The van der Waals surface area contributed by atoms with Gasteiger partial charge >= 0.3 is 0 Å². The van der Waals surface area contributed by atoms with E-state index in [9.17, 15) is 0 Å². The lowest BCUT2D eigenvalue weighted by Gasteiger charge is -2.13. The van der Waals surface area contributed by atoms with Gasteiger partial charge in [0, 0.05) is 16.3 Å². The van der Waals surface area contributed by atoms with E-state index >= 15 is 0 Å². The molecule has 6 heteroatoms. The largest absolute Gasteiger partial charge is 0.366 e. The summed E-state index contributed by atoms with van der Waals surface area (Å²) in [5.41, 5.74) is 8.52. The average molecular weight is 383 g/mol. The number of thioether (sulfide) groups is 1. The zero-order chi connectivity index (χ0) is 18.4. The summed E-state index contributed by atoms with van der Waals surface area (Å²) in [6.45, 7) is 1.89.